The fourth-order valence-corrected chi connectivity index (χ4v) is 6.24. The van der Waals surface area contributed by atoms with Gasteiger partial charge in [0.25, 0.3) is 0 Å². The average molecular weight is 471 g/mol. The van der Waals surface area contributed by atoms with Crippen LogP contribution in [0, 0.1) is 17.6 Å². The predicted octanol–water partition coefficient (Wildman–Crippen LogP) is 4.92. The Bertz CT molecular complexity index is 938. The molecule has 6 nitrogen and oxygen atoms in total. The summed E-state index contributed by atoms with van der Waals surface area (Å²) in [5.41, 5.74) is -1.26. The SMILES string of the molecule is CC(=O)[C@]12C[C@H]1[C@@](C)(c1cccc(F)c1F)N=C(N(COCC[Si](C)(C)C)C(=O)O)S2. The summed E-state index contributed by atoms with van der Waals surface area (Å²) in [6, 6.07) is 4.72. The number of ketones is 1. The second-order valence-electron chi connectivity index (χ2n) is 9.51. The normalized spacial score (nSPS) is 27.3. The van der Waals surface area contributed by atoms with Gasteiger partial charge in [-0.25, -0.2) is 18.5 Å². The molecule has 1 aromatic carbocycles. The Morgan fingerprint density at radius 2 is 2.03 bits per heavy atom. The summed E-state index contributed by atoms with van der Waals surface area (Å²) in [6.07, 6.45) is -0.866. The summed E-state index contributed by atoms with van der Waals surface area (Å²) in [7, 11) is -1.35. The van der Waals surface area contributed by atoms with Crippen molar-refractivity contribution in [3.63, 3.8) is 0 Å². The van der Waals surface area contributed by atoms with Crippen LogP contribution in [-0.2, 0) is 15.1 Å². The average Bonchev–Trinajstić information content (AvgIpc) is 3.40. The number of carbonyl (C=O) groups excluding carboxylic acids is 1. The maximum Gasteiger partial charge on any atom is 0.415 e. The molecular formula is C21H28F2N2O4SSi. The van der Waals surface area contributed by atoms with Gasteiger partial charge >= 0.3 is 6.09 Å². The van der Waals surface area contributed by atoms with Gasteiger partial charge in [0, 0.05) is 26.2 Å². The van der Waals surface area contributed by atoms with Crippen LogP contribution in [0.1, 0.15) is 25.8 Å². The number of amidine groups is 1. The Morgan fingerprint density at radius 3 is 2.61 bits per heavy atom. The van der Waals surface area contributed by atoms with E-state index in [0.717, 1.165) is 28.8 Å². The number of carboxylic acid groups (broad SMARTS) is 1. The number of aliphatic imine (C=N–C) groups is 1. The molecule has 0 unspecified atom stereocenters. The third kappa shape index (κ3) is 4.56. The van der Waals surface area contributed by atoms with Crippen LogP contribution in [0.3, 0.4) is 0 Å². The first-order valence-corrected chi connectivity index (χ1v) is 14.7. The third-order valence-electron chi connectivity index (χ3n) is 5.96. The number of hydrogen-bond donors (Lipinski definition) is 1. The molecule has 1 heterocycles. The molecule has 0 saturated heterocycles. The molecule has 1 N–H and O–H groups in total. The number of fused-ring (bicyclic) bond motifs is 1. The van der Waals surface area contributed by atoms with Crippen molar-refractivity contribution in [2.24, 2.45) is 10.9 Å². The van der Waals surface area contributed by atoms with Gasteiger partial charge in [0.1, 0.15) is 12.5 Å². The van der Waals surface area contributed by atoms with Crippen LogP contribution in [0.5, 0.6) is 0 Å². The summed E-state index contributed by atoms with van der Waals surface area (Å²) in [6.45, 7) is 9.80. The summed E-state index contributed by atoms with van der Waals surface area (Å²) in [5.74, 6) is -2.53. The molecule has 1 amide bonds. The van der Waals surface area contributed by atoms with E-state index in [0.29, 0.717) is 13.0 Å². The molecule has 3 rings (SSSR count). The molecule has 0 spiro atoms. The number of nitrogens with zero attached hydrogens (tertiary/aromatic N) is 2. The largest absolute Gasteiger partial charge is 0.465 e. The molecule has 2 aliphatic rings. The first-order chi connectivity index (χ1) is 14.3. The third-order valence-corrected chi connectivity index (χ3v) is 9.26. The van der Waals surface area contributed by atoms with E-state index in [2.05, 4.69) is 24.6 Å². The predicted molar refractivity (Wildman–Crippen MR) is 119 cm³/mol. The zero-order valence-electron chi connectivity index (χ0n) is 18.4. The van der Waals surface area contributed by atoms with Gasteiger partial charge in [-0.05, 0) is 32.4 Å². The van der Waals surface area contributed by atoms with Gasteiger partial charge < -0.3 is 9.84 Å². The molecule has 0 radical (unpaired) electrons. The molecule has 1 aromatic rings. The van der Waals surface area contributed by atoms with Gasteiger partial charge in [-0.15, -0.1) is 0 Å². The fraction of sp³-hybridized carbons (Fsp3) is 0.571. The number of ether oxygens (including phenoxy) is 1. The van der Waals surface area contributed by atoms with Crippen LogP contribution >= 0.6 is 11.8 Å². The number of carbonyl (C=O) groups is 2. The molecule has 3 atom stereocenters. The lowest BCUT2D eigenvalue weighted by Gasteiger charge is -2.36. The summed E-state index contributed by atoms with van der Waals surface area (Å²) >= 11 is 1.08. The van der Waals surface area contributed by atoms with E-state index in [4.69, 9.17) is 4.74 Å². The van der Waals surface area contributed by atoms with Crippen LogP contribution in [0.25, 0.3) is 0 Å². The molecule has 1 saturated carbocycles. The van der Waals surface area contributed by atoms with Crippen LogP contribution in [0.15, 0.2) is 23.2 Å². The van der Waals surface area contributed by atoms with Crippen molar-refractivity contribution < 1.29 is 28.2 Å². The molecule has 0 bridgehead atoms. The minimum Gasteiger partial charge on any atom is -0.465 e. The highest BCUT2D eigenvalue weighted by Crippen LogP contribution is 2.66. The van der Waals surface area contributed by atoms with Crippen molar-refractivity contribution in [3.8, 4) is 0 Å². The lowest BCUT2D eigenvalue weighted by Crippen LogP contribution is -2.44. The van der Waals surface area contributed by atoms with Gasteiger partial charge in [-0.2, -0.15) is 0 Å². The van der Waals surface area contributed by atoms with Gasteiger partial charge in [0.05, 0.1) is 10.3 Å². The Hall–Kier alpha value is -1.78. The first kappa shape index (κ1) is 23.9. The van der Waals surface area contributed by atoms with E-state index in [9.17, 15) is 23.5 Å². The summed E-state index contributed by atoms with van der Waals surface area (Å²) in [4.78, 5) is 30.0. The number of halogens is 2. The number of Topliss-reactive ketones (excluding diaryl/α,β-unsaturated/α-hetero) is 1. The second-order valence-corrected chi connectivity index (χ2v) is 16.4. The van der Waals surface area contributed by atoms with Gasteiger partial charge in [-0.1, -0.05) is 43.5 Å². The molecular weight excluding hydrogens is 442 g/mol. The van der Waals surface area contributed by atoms with Crippen molar-refractivity contribution in [2.75, 3.05) is 13.3 Å². The van der Waals surface area contributed by atoms with Crippen molar-refractivity contribution in [1.29, 1.82) is 0 Å². The zero-order chi connectivity index (χ0) is 23.2. The monoisotopic (exact) mass is 470 g/mol. The van der Waals surface area contributed by atoms with E-state index in [1.807, 2.05) is 0 Å². The zero-order valence-corrected chi connectivity index (χ0v) is 20.2. The molecule has 1 aliphatic heterocycles. The Labute approximate surface area is 186 Å². The maximum atomic E-state index is 14.7. The molecule has 1 aliphatic carbocycles. The highest BCUT2D eigenvalue weighted by atomic mass is 32.2. The second kappa shape index (κ2) is 8.29. The number of hydrogen-bond acceptors (Lipinski definition) is 5. The van der Waals surface area contributed by atoms with E-state index < -0.39 is 36.1 Å². The number of thioether (sulfide) groups is 1. The lowest BCUT2D eigenvalue weighted by atomic mass is 9.85. The van der Waals surface area contributed by atoms with E-state index in [1.54, 1.807) is 6.92 Å². The van der Waals surface area contributed by atoms with E-state index in [1.165, 1.54) is 19.1 Å². The minimum absolute atomic E-state index is 0.0171. The number of rotatable bonds is 7. The van der Waals surface area contributed by atoms with Gasteiger partial charge in [0.2, 0.25) is 0 Å². The van der Waals surface area contributed by atoms with Crippen LogP contribution < -0.4 is 0 Å². The van der Waals surface area contributed by atoms with Crippen molar-refractivity contribution in [3.05, 3.63) is 35.4 Å². The standard InChI is InChI=1S/C21H28F2N2O4SSi/c1-13(26)21-11-16(21)20(2,14-7-6-8-15(22)17(14)23)24-18(30-21)25(19(27)28)12-29-9-10-31(3,4)5/h6-8,16H,9-12H2,1-5H3,(H,27,28)/t16-,20+,21+/m0/s1. The Morgan fingerprint density at radius 1 is 1.35 bits per heavy atom. The highest BCUT2D eigenvalue weighted by Gasteiger charge is 2.70. The lowest BCUT2D eigenvalue weighted by molar-refractivity contribution is -0.117. The molecule has 10 heteroatoms. The van der Waals surface area contributed by atoms with Crippen LogP contribution in [0.4, 0.5) is 13.6 Å². The highest BCUT2D eigenvalue weighted by molar-refractivity contribution is 8.16. The Kier molecular flexibility index (Phi) is 6.38. The van der Waals surface area contributed by atoms with Crippen LogP contribution in [0.2, 0.25) is 25.7 Å². The topological polar surface area (TPSA) is 79.2 Å². The van der Waals surface area contributed by atoms with Crippen molar-refractivity contribution in [2.45, 2.75) is 56.2 Å². The minimum atomic E-state index is -1.35. The fourth-order valence-electron chi connectivity index (χ4n) is 3.92. The van der Waals surface area contributed by atoms with Gasteiger partial charge in [0.15, 0.2) is 16.8 Å². The Balaban J connectivity index is 1.96. The molecule has 31 heavy (non-hydrogen) atoms. The molecule has 1 fully saturated rings. The maximum absolute atomic E-state index is 14.7. The van der Waals surface area contributed by atoms with Gasteiger partial charge in [-0.3, -0.25) is 9.79 Å². The quantitative estimate of drug-likeness (QED) is 0.348. The van der Waals surface area contributed by atoms with Crippen molar-refractivity contribution in [1.82, 2.24) is 4.90 Å². The van der Waals surface area contributed by atoms with E-state index >= 15 is 0 Å². The molecule has 170 valence electrons. The molecule has 0 aromatic heterocycles. The smallest absolute Gasteiger partial charge is 0.415 e. The number of amides is 1. The van der Waals surface area contributed by atoms with Crippen LogP contribution in [-0.4, -0.2) is 53.2 Å². The first-order valence-electron chi connectivity index (χ1n) is 10.1. The van der Waals surface area contributed by atoms with E-state index in [-0.39, 0.29) is 29.2 Å². The number of benzene rings is 1. The summed E-state index contributed by atoms with van der Waals surface area (Å²) < 4.78 is 33.4. The van der Waals surface area contributed by atoms with Crippen molar-refractivity contribution >= 4 is 36.9 Å². The summed E-state index contributed by atoms with van der Waals surface area (Å²) in [5, 5.41) is 9.85.